The molecule has 27 valence electrons. The maximum absolute atomic E-state index is 2.37. The molecule has 0 spiro atoms. The first-order chi connectivity index (χ1) is 1.41. The molecule has 0 unspecified atom stereocenters. The predicted molar refractivity (Wildman–Crippen MR) is 33.3 cm³/mol. The van der Waals surface area contributed by atoms with Crippen molar-refractivity contribution >= 4 is 40.0 Å². The van der Waals surface area contributed by atoms with Crippen LogP contribution in [0.4, 0.5) is 0 Å². The molecule has 4 heteroatoms. The van der Waals surface area contributed by atoms with Gasteiger partial charge in [-0.15, -0.1) is 0 Å². The fourth-order valence-corrected chi connectivity index (χ4v) is 0. The number of nitrogens with two attached hydrogens (primary N) is 1. The van der Waals surface area contributed by atoms with Crippen molar-refractivity contribution < 1.29 is 9.47 Å². The molecule has 0 aliphatic rings. The van der Waals surface area contributed by atoms with Crippen LogP contribution in [-0.2, 0) is 9.47 Å². The third-order valence-corrected chi connectivity index (χ3v) is 0. The zero-order valence-electron chi connectivity index (χ0n) is 1.78. The molecule has 0 aromatic rings. The van der Waals surface area contributed by atoms with Crippen molar-refractivity contribution in [3.63, 3.8) is 0 Å². The fraction of sp³-hybridized carbons (Fsp3) is 0. The van der Waals surface area contributed by atoms with Gasteiger partial charge in [0.25, 0.3) is 0 Å². The van der Waals surface area contributed by atoms with Crippen LogP contribution in [0.25, 0.3) is 6.15 Å². The van der Waals surface area contributed by atoms with Gasteiger partial charge in [0.05, 0.1) is 0 Å². The Morgan fingerprint density at radius 1 is 1.25 bits per heavy atom. The van der Waals surface area contributed by atoms with Crippen molar-refractivity contribution in [1.82, 2.24) is 0 Å². The molecular formula is H2I2NV-. The van der Waals surface area contributed by atoms with Gasteiger partial charge in [0.15, 0.2) is 0 Å². The molecule has 0 aromatic heterocycles. The van der Waals surface area contributed by atoms with E-state index in [0.717, 1.165) is 0 Å². The van der Waals surface area contributed by atoms with Crippen molar-refractivity contribution in [2.45, 2.75) is 0 Å². The molecule has 0 amide bonds. The van der Waals surface area contributed by atoms with E-state index in [2.05, 4.69) is 40.0 Å². The molecule has 0 fully saturated rings. The van der Waals surface area contributed by atoms with Crippen LogP contribution in [0.1, 0.15) is 0 Å². The standard InChI is InChI=1S/2HI.H2N.V/h2*1H;1H2;/q;;-1;+2/p-2. The van der Waals surface area contributed by atoms with Crippen LogP contribution in [0.5, 0.6) is 0 Å². The molecule has 0 atom stereocenters. The van der Waals surface area contributed by atoms with E-state index in [1.165, 1.54) is 0 Å². The molecule has 0 rings (SSSR count). The molecule has 0 aliphatic heterocycles. The minimum atomic E-state index is 0. The van der Waals surface area contributed by atoms with Crippen molar-refractivity contribution in [1.29, 1.82) is 0 Å². The van der Waals surface area contributed by atoms with Gasteiger partial charge < -0.3 is 6.15 Å². The largest absolute Gasteiger partial charge is 0.693 e. The average molecular weight is 321 g/mol. The summed E-state index contributed by atoms with van der Waals surface area (Å²) in [6, 6.07) is 0. The van der Waals surface area contributed by atoms with Gasteiger partial charge in [-0.1, -0.05) is 0 Å². The van der Waals surface area contributed by atoms with Crippen LogP contribution < -0.4 is 0 Å². The quantitative estimate of drug-likeness (QED) is 0.615. The Morgan fingerprint density at radius 3 is 1.25 bits per heavy atom. The van der Waals surface area contributed by atoms with E-state index in [4.69, 9.17) is 0 Å². The van der Waals surface area contributed by atoms with Gasteiger partial charge in [-0.2, -0.15) is 0 Å². The number of rotatable bonds is 0. The van der Waals surface area contributed by atoms with Crippen LogP contribution in [-0.4, -0.2) is 0 Å². The molecule has 0 aliphatic carbocycles. The topological polar surface area (TPSA) is 33.5 Å². The molecule has 0 bridgehead atoms. The molecule has 0 heterocycles. The van der Waals surface area contributed by atoms with Crippen molar-refractivity contribution in [2.75, 3.05) is 0 Å². The minimum absolute atomic E-state index is 0. The maximum Gasteiger partial charge on any atom is -0.693 e. The molecule has 2 N–H and O–H groups in total. The van der Waals surface area contributed by atoms with Crippen LogP contribution in [0.15, 0.2) is 0 Å². The number of hydrogen-bond donors (Lipinski definition) is 0. The van der Waals surface area contributed by atoms with Crippen LogP contribution >= 0.6 is 40.0 Å². The molecule has 1 nitrogen and oxygen atoms in total. The van der Waals surface area contributed by atoms with E-state index in [0.29, 0.717) is 9.47 Å². The summed E-state index contributed by atoms with van der Waals surface area (Å²) in [4.78, 5) is 0. The molecule has 0 aromatic carbocycles. The number of hydrogen-bond acceptors (Lipinski definition) is 0. The Balaban J connectivity index is 0. The Morgan fingerprint density at radius 2 is 1.25 bits per heavy atom. The monoisotopic (exact) mass is 321 g/mol. The summed E-state index contributed by atoms with van der Waals surface area (Å²) in [7, 11) is 0.628. The van der Waals surface area contributed by atoms with E-state index in [1.807, 2.05) is 0 Å². The van der Waals surface area contributed by atoms with E-state index in [9.17, 15) is 0 Å². The zero-order valence-corrected chi connectivity index (χ0v) is 7.49. The Labute approximate surface area is 54.7 Å². The van der Waals surface area contributed by atoms with Crippen molar-refractivity contribution in [3.8, 4) is 0 Å². The summed E-state index contributed by atoms with van der Waals surface area (Å²) in [6.45, 7) is 0. The third kappa shape index (κ3) is 9.00. The van der Waals surface area contributed by atoms with Crippen molar-refractivity contribution in [3.05, 3.63) is 6.15 Å². The molecule has 0 saturated heterocycles. The van der Waals surface area contributed by atoms with Gasteiger partial charge in [-0.3, -0.25) is 0 Å². The van der Waals surface area contributed by atoms with E-state index < -0.39 is 0 Å². The maximum atomic E-state index is 2.37. The molecule has 0 saturated carbocycles. The Kier molecular flexibility index (Phi) is 20.8. The Hall–Kier alpha value is 2.00. The fourth-order valence-electron chi connectivity index (χ4n) is 0. The molecule has 4 heavy (non-hydrogen) atoms. The van der Waals surface area contributed by atoms with E-state index in [-0.39, 0.29) is 6.15 Å². The summed E-state index contributed by atoms with van der Waals surface area (Å²) in [6.07, 6.45) is 0. The molecular weight excluding hydrogens is 319 g/mol. The second-order valence-corrected chi connectivity index (χ2v) is 11.9. The van der Waals surface area contributed by atoms with Gasteiger partial charge in [-0.25, -0.2) is 0 Å². The first-order valence-corrected chi connectivity index (χ1v) is 9.35. The van der Waals surface area contributed by atoms with E-state index in [1.54, 1.807) is 0 Å². The third-order valence-electron chi connectivity index (χ3n) is 0. The molecule has 0 radical (unpaired) electrons. The smallest absolute Gasteiger partial charge is 0.693 e. The van der Waals surface area contributed by atoms with Crippen LogP contribution in [0.2, 0.25) is 0 Å². The minimum Gasteiger partial charge on any atom is -0.693 e. The zero-order chi connectivity index (χ0) is 2.71. The van der Waals surface area contributed by atoms with Crippen molar-refractivity contribution in [2.24, 2.45) is 0 Å². The Bertz CT molecular complexity index is 6.00. The summed E-state index contributed by atoms with van der Waals surface area (Å²) >= 11 is 4.74. The predicted octanol–water partition coefficient (Wildman–Crippen LogP) is 2.49. The van der Waals surface area contributed by atoms with Crippen LogP contribution in [0, 0.1) is 0 Å². The SMILES string of the molecule is [I][V][I].[NH2-]. The van der Waals surface area contributed by atoms with Gasteiger partial charge in [-0.05, 0) is 0 Å². The van der Waals surface area contributed by atoms with Crippen LogP contribution in [0.3, 0.4) is 0 Å². The van der Waals surface area contributed by atoms with Gasteiger partial charge >= 0.3 is 49.4 Å². The normalized spacial score (nSPS) is 3.50. The summed E-state index contributed by atoms with van der Waals surface area (Å²) in [5, 5.41) is 0. The summed E-state index contributed by atoms with van der Waals surface area (Å²) in [5.41, 5.74) is 0. The summed E-state index contributed by atoms with van der Waals surface area (Å²) in [5.74, 6) is 0. The van der Waals surface area contributed by atoms with Gasteiger partial charge in [0.1, 0.15) is 0 Å². The van der Waals surface area contributed by atoms with Gasteiger partial charge in [0, 0.05) is 0 Å². The number of halogens is 2. The second-order valence-electron chi connectivity index (χ2n) is 0.0639. The average Bonchev–Trinajstić information content (AvgIpc) is 0.918. The first-order valence-electron chi connectivity index (χ1n) is 0.338. The van der Waals surface area contributed by atoms with Gasteiger partial charge in [0.2, 0.25) is 0 Å². The second kappa shape index (κ2) is 8.89. The first kappa shape index (κ1) is 9.38. The summed E-state index contributed by atoms with van der Waals surface area (Å²) < 4.78 is 0. The van der Waals surface area contributed by atoms with E-state index >= 15 is 0 Å².